The third kappa shape index (κ3) is 3.90. The molecule has 7 heteroatoms. The minimum atomic E-state index is -3.76. The summed E-state index contributed by atoms with van der Waals surface area (Å²) in [6.45, 7) is 10.7. The fraction of sp³-hybridized carbons (Fsp3) is 0.500. The quantitative estimate of drug-likeness (QED) is 0.842. The maximum atomic E-state index is 13.1. The number of pyridine rings is 1. The summed E-state index contributed by atoms with van der Waals surface area (Å²) < 4.78 is 29.4. The van der Waals surface area contributed by atoms with Gasteiger partial charge in [-0.15, -0.1) is 0 Å². The van der Waals surface area contributed by atoms with Crippen LogP contribution >= 0.6 is 0 Å². The Morgan fingerprint density at radius 2 is 1.96 bits per heavy atom. The molecule has 2 aromatic rings. The lowest BCUT2D eigenvalue weighted by Crippen LogP contribution is -2.38. The van der Waals surface area contributed by atoms with Crippen LogP contribution in [0.1, 0.15) is 33.5 Å². The lowest BCUT2D eigenvalue weighted by Gasteiger charge is -2.29. The van der Waals surface area contributed by atoms with Gasteiger partial charge in [-0.2, -0.15) is 8.42 Å². The first-order chi connectivity index (χ1) is 10.6. The second-order valence-electron chi connectivity index (χ2n) is 6.67. The van der Waals surface area contributed by atoms with Gasteiger partial charge in [0.2, 0.25) is 0 Å². The minimum absolute atomic E-state index is 0.0618. The van der Waals surface area contributed by atoms with Crippen LogP contribution in [0.15, 0.2) is 35.6 Å². The Bertz CT molecular complexity index is 761. The van der Waals surface area contributed by atoms with Crippen LogP contribution in [-0.4, -0.2) is 29.5 Å². The van der Waals surface area contributed by atoms with Crippen molar-refractivity contribution in [1.82, 2.24) is 14.5 Å². The molecule has 2 heterocycles. The number of sulfonamides is 1. The molecular weight excluding hydrogens is 312 g/mol. The molecule has 6 nitrogen and oxygen atoms in total. The minimum Gasteiger partial charge on any atom is -0.334 e. The number of aryl methyl sites for hydroxylation is 2. The molecule has 0 aliphatic rings. The molecule has 0 saturated carbocycles. The SMILES string of the molecule is CCn1cc(S(=O)(=O)N(CC(C)(C)C)c2ccccn2)nc1C. The molecule has 0 radical (unpaired) electrons. The molecule has 126 valence electrons. The summed E-state index contributed by atoms with van der Waals surface area (Å²) in [5.74, 6) is 1.09. The van der Waals surface area contributed by atoms with Crippen molar-refractivity contribution < 1.29 is 8.42 Å². The fourth-order valence-corrected chi connectivity index (χ4v) is 3.90. The zero-order valence-electron chi connectivity index (χ0n) is 14.3. The number of aromatic nitrogens is 3. The van der Waals surface area contributed by atoms with Gasteiger partial charge in [0.1, 0.15) is 11.6 Å². The standard InChI is InChI=1S/C16H24N4O2S/c1-6-19-11-15(18-13(19)2)23(21,22)20(12-16(3,4)5)14-9-7-8-10-17-14/h7-11H,6,12H2,1-5H3. The Balaban J connectivity index is 2.52. The van der Waals surface area contributed by atoms with E-state index < -0.39 is 10.0 Å². The lowest BCUT2D eigenvalue weighted by molar-refractivity contribution is 0.425. The number of rotatable bonds is 5. The molecule has 0 atom stereocenters. The van der Waals surface area contributed by atoms with E-state index in [0.29, 0.717) is 24.7 Å². The van der Waals surface area contributed by atoms with Crippen LogP contribution in [0.4, 0.5) is 5.82 Å². The molecular formula is C16H24N4O2S. The monoisotopic (exact) mass is 336 g/mol. The Morgan fingerprint density at radius 1 is 1.26 bits per heavy atom. The average Bonchev–Trinajstić information content (AvgIpc) is 2.86. The van der Waals surface area contributed by atoms with Gasteiger partial charge < -0.3 is 4.57 Å². The first kappa shape index (κ1) is 17.5. The Kier molecular flexibility index (Phi) is 4.79. The molecule has 0 saturated heterocycles. The summed E-state index contributed by atoms with van der Waals surface area (Å²) in [6.07, 6.45) is 3.18. The van der Waals surface area contributed by atoms with Crippen LogP contribution in [0.5, 0.6) is 0 Å². The normalized spacial score (nSPS) is 12.4. The zero-order valence-corrected chi connectivity index (χ0v) is 15.1. The van der Waals surface area contributed by atoms with Gasteiger partial charge in [0, 0.05) is 25.5 Å². The molecule has 0 bridgehead atoms. The number of hydrogen-bond donors (Lipinski definition) is 0. The van der Waals surface area contributed by atoms with E-state index in [2.05, 4.69) is 9.97 Å². The lowest BCUT2D eigenvalue weighted by atomic mass is 9.97. The van der Waals surface area contributed by atoms with Gasteiger partial charge in [0.25, 0.3) is 10.0 Å². The van der Waals surface area contributed by atoms with E-state index in [-0.39, 0.29) is 10.4 Å². The van der Waals surface area contributed by atoms with Gasteiger partial charge >= 0.3 is 0 Å². The third-order valence-electron chi connectivity index (χ3n) is 3.37. The highest BCUT2D eigenvalue weighted by Gasteiger charge is 2.32. The van der Waals surface area contributed by atoms with Gasteiger partial charge in [0.05, 0.1) is 0 Å². The molecule has 2 rings (SSSR count). The van der Waals surface area contributed by atoms with Crippen LogP contribution in [0, 0.1) is 12.3 Å². The predicted molar refractivity (Wildman–Crippen MR) is 90.9 cm³/mol. The maximum absolute atomic E-state index is 13.1. The number of anilines is 1. The van der Waals surface area contributed by atoms with E-state index in [1.807, 2.05) is 32.3 Å². The molecule has 0 amide bonds. The van der Waals surface area contributed by atoms with Crippen molar-refractivity contribution in [3.05, 3.63) is 36.4 Å². The topological polar surface area (TPSA) is 68.1 Å². The van der Waals surface area contributed by atoms with Gasteiger partial charge in [-0.25, -0.2) is 14.3 Å². The molecule has 0 spiro atoms. The van der Waals surface area contributed by atoms with Gasteiger partial charge in [0.15, 0.2) is 5.03 Å². The fourth-order valence-electron chi connectivity index (χ4n) is 2.26. The van der Waals surface area contributed by atoms with E-state index in [1.54, 1.807) is 37.5 Å². The van der Waals surface area contributed by atoms with Crippen LogP contribution < -0.4 is 4.31 Å². The number of hydrogen-bond acceptors (Lipinski definition) is 4. The molecule has 0 aliphatic heterocycles. The predicted octanol–water partition coefficient (Wildman–Crippen LogP) is 2.85. The summed E-state index contributed by atoms with van der Waals surface area (Å²) >= 11 is 0. The van der Waals surface area contributed by atoms with Crippen LogP contribution in [0.25, 0.3) is 0 Å². The van der Waals surface area contributed by atoms with E-state index in [0.717, 1.165) is 0 Å². The first-order valence-corrected chi connectivity index (χ1v) is 9.06. The zero-order chi connectivity index (χ0) is 17.3. The molecule has 0 N–H and O–H groups in total. The summed E-state index contributed by atoms with van der Waals surface area (Å²) in [6, 6.07) is 5.25. The van der Waals surface area contributed by atoms with Crippen molar-refractivity contribution in [2.75, 3.05) is 10.8 Å². The van der Waals surface area contributed by atoms with Crippen molar-refractivity contribution in [2.45, 2.75) is 46.2 Å². The molecule has 0 fully saturated rings. The second-order valence-corrected chi connectivity index (χ2v) is 8.48. The Labute approximate surface area is 138 Å². The highest BCUT2D eigenvalue weighted by atomic mass is 32.2. The van der Waals surface area contributed by atoms with E-state index >= 15 is 0 Å². The Morgan fingerprint density at radius 3 is 2.43 bits per heavy atom. The van der Waals surface area contributed by atoms with Crippen LogP contribution in [0.2, 0.25) is 0 Å². The largest absolute Gasteiger partial charge is 0.334 e. The maximum Gasteiger partial charge on any atom is 0.284 e. The van der Waals surface area contributed by atoms with Crippen molar-refractivity contribution >= 4 is 15.8 Å². The van der Waals surface area contributed by atoms with Crippen molar-refractivity contribution in [1.29, 1.82) is 0 Å². The van der Waals surface area contributed by atoms with Crippen molar-refractivity contribution in [3.63, 3.8) is 0 Å². The number of nitrogens with zero attached hydrogens (tertiary/aromatic N) is 4. The molecule has 0 aliphatic carbocycles. The second kappa shape index (κ2) is 6.31. The molecule has 0 unspecified atom stereocenters. The molecule has 0 aromatic carbocycles. The van der Waals surface area contributed by atoms with E-state index in [4.69, 9.17) is 0 Å². The summed E-state index contributed by atoms with van der Waals surface area (Å²) in [5.41, 5.74) is -0.215. The molecule has 23 heavy (non-hydrogen) atoms. The van der Waals surface area contributed by atoms with Gasteiger partial charge in [-0.05, 0) is 31.4 Å². The van der Waals surface area contributed by atoms with Crippen molar-refractivity contribution in [2.24, 2.45) is 5.41 Å². The van der Waals surface area contributed by atoms with Gasteiger partial charge in [-0.1, -0.05) is 26.8 Å². The van der Waals surface area contributed by atoms with Crippen molar-refractivity contribution in [3.8, 4) is 0 Å². The van der Waals surface area contributed by atoms with Crippen LogP contribution in [0.3, 0.4) is 0 Å². The highest BCUT2D eigenvalue weighted by Crippen LogP contribution is 2.26. The third-order valence-corrected chi connectivity index (χ3v) is 4.99. The summed E-state index contributed by atoms with van der Waals surface area (Å²) in [4.78, 5) is 8.45. The summed E-state index contributed by atoms with van der Waals surface area (Å²) in [7, 11) is -3.76. The summed E-state index contributed by atoms with van der Waals surface area (Å²) in [5, 5.41) is 0.0618. The van der Waals surface area contributed by atoms with Gasteiger partial charge in [-0.3, -0.25) is 0 Å². The number of imidazole rings is 1. The Hall–Kier alpha value is -1.89. The van der Waals surface area contributed by atoms with E-state index in [1.165, 1.54) is 4.31 Å². The average molecular weight is 336 g/mol. The van der Waals surface area contributed by atoms with E-state index in [9.17, 15) is 8.42 Å². The smallest absolute Gasteiger partial charge is 0.284 e. The highest BCUT2D eigenvalue weighted by molar-refractivity contribution is 7.92. The first-order valence-electron chi connectivity index (χ1n) is 7.62. The molecule has 2 aromatic heterocycles. The van der Waals surface area contributed by atoms with Crippen LogP contribution in [-0.2, 0) is 16.6 Å².